The molecule has 1 aromatic rings. The average molecular weight is 374 g/mol. The fourth-order valence-electron chi connectivity index (χ4n) is 3.78. The second-order valence-corrected chi connectivity index (χ2v) is 8.53. The van der Waals surface area contributed by atoms with Crippen molar-refractivity contribution in [3.8, 4) is 0 Å². The highest BCUT2D eigenvalue weighted by Gasteiger charge is 2.35. The maximum absolute atomic E-state index is 13.9. The zero-order valence-corrected chi connectivity index (χ0v) is 15.1. The van der Waals surface area contributed by atoms with Crippen LogP contribution in [-0.2, 0) is 14.8 Å². The van der Waals surface area contributed by atoms with E-state index in [1.54, 1.807) is 7.11 Å². The molecule has 0 aliphatic carbocycles. The van der Waals surface area contributed by atoms with E-state index < -0.39 is 26.6 Å². The average Bonchev–Trinajstić information content (AvgIpc) is 2.61. The molecule has 0 bridgehead atoms. The van der Waals surface area contributed by atoms with Gasteiger partial charge in [-0.2, -0.15) is 4.31 Å². The molecule has 0 spiro atoms. The van der Waals surface area contributed by atoms with E-state index in [9.17, 15) is 17.2 Å². The van der Waals surface area contributed by atoms with Gasteiger partial charge in [-0.3, -0.25) is 0 Å². The van der Waals surface area contributed by atoms with Gasteiger partial charge in [-0.25, -0.2) is 17.2 Å². The summed E-state index contributed by atoms with van der Waals surface area (Å²) in [7, 11) is -2.42. The molecule has 2 aliphatic rings. The summed E-state index contributed by atoms with van der Waals surface area (Å²) in [6.45, 7) is 2.45. The molecule has 0 unspecified atom stereocenters. The topological polar surface area (TPSA) is 49.9 Å². The summed E-state index contributed by atoms with van der Waals surface area (Å²) in [5, 5.41) is 0. The van der Waals surface area contributed by atoms with Gasteiger partial charge in [0.05, 0.1) is 6.10 Å². The number of hydrogen-bond acceptors (Lipinski definition) is 4. The maximum atomic E-state index is 13.9. The third kappa shape index (κ3) is 3.86. The number of hydrogen-bond donors (Lipinski definition) is 0. The first kappa shape index (κ1) is 18.7. The van der Waals surface area contributed by atoms with Crippen molar-refractivity contribution in [2.24, 2.45) is 0 Å². The highest BCUT2D eigenvalue weighted by molar-refractivity contribution is 7.89. The molecule has 140 valence electrons. The van der Waals surface area contributed by atoms with E-state index in [4.69, 9.17) is 4.74 Å². The Morgan fingerprint density at radius 1 is 1.00 bits per heavy atom. The zero-order valence-electron chi connectivity index (χ0n) is 14.3. The van der Waals surface area contributed by atoms with Crippen LogP contribution in [0.15, 0.2) is 23.1 Å². The number of ether oxygens (including phenoxy) is 1. The third-order valence-electron chi connectivity index (χ3n) is 5.27. The Hall–Kier alpha value is -1.09. The van der Waals surface area contributed by atoms with Crippen LogP contribution in [0, 0.1) is 11.6 Å². The second kappa shape index (κ2) is 7.65. The van der Waals surface area contributed by atoms with Crippen LogP contribution in [0.2, 0.25) is 0 Å². The van der Waals surface area contributed by atoms with Crippen molar-refractivity contribution in [2.45, 2.75) is 42.7 Å². The molecule has 2 aliphatic heterocycles. The lowest BCUT2D eigenvalue weighted by atomic mass is 10.00. The molecule has 5 nitrogen and oxygen atoms in total. The molecule has 0 radical (unpaired) electrons. The fourth-order valence-corrected chi connectivity index (χ4v) is 5.36. The number of likely N-dealkylation sites (tertiary alicyclic amines) is 1. The lowest BCUT2D eigenvalue weighted by Gasteiger charge is -2.41. The van der Waals surface area contributed by atoms with Crippen LogP contribution in [0.5, 0.6) is 0 Å². The highest BCUT2D eigenvalue weighted by atomic mass is 32.2. The molecule has 0 N–H and O–H groups in total. The molecule has 0 saturated carbocycles. The van der Waals surface area contributed by atoms with Crippen molar-refractivity contribution < 1.29 is 21.9 Å². The van der Waals surface area contributed by atoms with Crippen LogP contribution in [0.25, 0.3) is 0 Å². The molecule has 2 fully saturated rings. The Bertz CT molecular complexity index is 678. The molecule has 0 aromatic heterocycles. The standard InChI is InChI=1S/C17H24F2N2O3S/c1-24-14-7-9-20(10-8-14)13-5-11-21(12-6-13)25(22,23)17-15(18)3-2-4-16(17)19/h2-4,13-14H,5-12H2,1H3. The summed E-state index contributed by atoms with van der Waals surface area (Å²) in [6, 6.07) is 3.43. The molecular weight excluding hydrogens is 350 g/mol. The molecule has 2 saturated heterocycles. The second-order valence-electron chi connectivity index (χ2n) is 6.66. The molecule has 2 heterocycles. The molecule has 1 aromatic carbocycles. The van der Waals surface area contributed by atoms with Crippen molar-refractivity contribution in [2.75, 3.05) is 33.3 Å². The minimum atomic E-state index is -4.15. The Morgan fingerprint density at radius 3 is 2.08 bits per heavy atom. The van der Waals surface area contributed by atoms with Crippen molar-refractivity contribution in [3.63, 3.8) is 0 Å². The number of rotatable bonds is 4. The first-order valence-electron chi connectivity index (χ1n) is 8.64. The smallest absolute Gasteiger partial charge is 0.248 e. The van der Waals surface area contributed by atoms with Crippen LogP contribution in [0.1, 0.15) is 25.7 Å². The van der Waals surface area contributed by atoms with E-state index in [-0.39, 0.29) is 13.1 Å². The van der Waals surface area contributed by atoms with Crippen LogP contribution >= 0.6 is 0 Å². The fraction of sp³-hybridized carbons (Fsp3) is 0.647. The lowest BCUT2D eigenvalue weighted by molar-refractivity contribution is 0.0190. The van der Waals surface area contributed by atoms with Gasteiger partial charge in [0, 0.05) is 39.3 Å². The molecule has 3 rings (SSSR count). The highest BCUT2D eigenvalue weighted by Crippen LogP contribution is 2.28. The molecular formula is C17H24F2N2O3S. The third-order valence-corrected chi connectivity index (χ3v) is 7.22. The maximum Gasteiger partial charge on any atom is 0.248 e. The first-order chi connectivity index (χ1) is 11.9. The SMILES string of the molecule is COC1CCN(C2CCN(S(=O)(=O)c3c(F)cccc3F)CC2)CC1. The van der Waals surface area contributed by atoms with Crippen molar-refractivity contribution >= 4 is 10.0 Å². The van der Waals surface area contributed by atoms with Gasteiger partial charge < -0.3 is 9.64 Å². The number of benzene rings is 1. The first-order valence-corrected chi connectivity index (χ1v) is 10.1. The zero-order chi connectivity index (χ0) is 18.0. The van der Waals surface area contributed by atoms with E-state index in [0.29, 0.717) is 25.0 Å². The number of halogens is 2. The van der Waals surface area contributed by atoms with E-state index in [1.165, 1.54) is 10.4 Å². The van der Waals surface area contributed by atoms with Gasteiger partial charge >= 0.3 is 0 Å². The quantitative estimate of drug-likeness (QED) is 0.811. The summed E-state index contributed by atoms with van der Waals surface area (Å²) in [5.74, 6) is -2.08. The van der Waals surface area contributed by atoms with Gasteiger partial charge in [-0.15, -0.1) is 0 Å². The summed E-state index contributed by atoms with van der Waals surface area (Å²) in [6.07, 6.45) is 3.62. The van der Waals surface area contributed by atoms with Gasteiger partial charge in [-0.1, -0.05) is 6.07 Å². The number of nitrogens with zero attached hydrogens (tertiary/aromatic N) is 2. The Balaban J connectivity index is 1.64. The predicted molar refractivity (Wildman–Crippen MR) is 89.7 cm³/mol. The molecule has 25 heavy (non-hydrogen) atoms. The van der Waals surface area contributed by atoms with Gasteiger partial charge in [0.15, 0.2) is 4.90 Å². The lowest BCUT2D eigenvalue weighted by Crippen LogP contribution is -2.49. The van der Waals surface area contributed by atoms with E-state index in [1.807, 2.05) is 0 Å². The van der Waals surface area contributed by atoms with Crippen molar-refractivity contribution in [1.29, 1.82) is 0 Å². The van der Waals surface area contributed by atoms with E-state index >= 15 is 0 Å². The monoisotopic (exact) mass is 374 g/mol. The van der Waals surface area contributed by atoms with E-state index in [0.717, 1.165) is 38.1 Å². The Labute approximate surface area is 147 Å². The normalized spacial score (nSPS) is 22.4. The van der Waals surface area contributed by atoms with E-state index in [2.05, 4.69) is 4.90 Å². The van der Waals surface area contributed by atoms with Gasteiger partial charge in [0.2, 0.25) is 10.0 Å². The summed E-state index contributed by atoms with van der Waals surface area (Å²) in [4.78, 5) is 1.54. The summed E-state index contributed by atoms with van der Waals surface area (Å²) in [5.41, 5.74) is 0. The molecule has 0 atom stereocenters. The Morgan fingerprint density at radius 2 is 1.56 bits per heavy atom. The van der Waals surface area contributed by atoms with Gasteiger partial charge in [-0.05, 0) is 37.8 Å². The number of methoxy groups -OCH3 is 1. The minimum absolute atomic E-state index is 0.283. The minimum Gasteiger partial charge on any atom is -0.381 e. The molecule has 0 amide bonds. The van der Waals surface area contributed by atoms with Crippen LogP contribution in [-0.4, -0.2) is 63.1 Å². The summed E-state index contributed by atoms with van der Waals surface area (Å²) >= 11 is 0. The van der Waals surface area contributed by atoms with Crippen LogP contribution in [0.4, 0.5) is 8.78 Å². The van der Waals surface area contributed by atoms with Gasteiger partial charge in [0.1, 0.15) is 11.6 Å². The largest absolute Gasteiger partial charge is 0.381 e. The number of piperidine rings is 2. The van der Waals surface area contributed by atoms with Crippen LogP contribution in [0.3, 0.4) is 0 Å². The van der Waals surface area contributed by atoms with Gasteiger partial charge in [0.25, 0.3) is 0 Å². The summed E-state index contributed by atoms with van der Waals surface area (Å²) < 4.78 is 59.5. The van der Waals surface area contributed by atoms with Crippen molar-refractivity contribution in [3.05, 3.63) is 29.8 Å². The predicted octanol–water partition coefficient (Wildman–Crippen LogP) is 2.23. The number of sulfonamides is 1. The van der Waals surface area contributed by atoms with Crippen LogP contribution < -0.4 is 0 Å². The molecule has 8 heteroatoms. The Kier molecular flexibility index (Phi) is 5.72. The van der Waals surface area contributed by atoms with Crippen molar-refractivity contribution in [1.82, 2.24) is 9.21 Å².